The lowest BCUT2D eigenvalue weighted by Crippen LogP contribution is -2.65. The van der Waals surface area contributed by atoms with Crippen molar-refractivity contribution in [1.82, 2.24) is 0 Å². The number of aliphatic hydroxyl groups is 4. The van der Waals surface area contributed by atoms with Crippen molar-refractivity contribution in [3.05, 3.63) is 59.7 Å². The van der Waals surface area contributed by atoms with Gasteiger partial charge in [0.25, 0.3) is 0 Å². The van der Waals surface area contributed by atoms with E-state index in [1.54, 1.807) is 0 Å². The fourth-order valence-corrected chi connectivity index (χ4v) is 3.41. The molecule has 3 rings (SSSR count). The molecule has 1 saturated carbocycles. The Morgan fingerprint density at radius 2 is 0.938 bits per heavy atom. The van der Waals surface area contributed by atoms with E-state index >= 15 is 0 Å². The lowest BCUT2D eigenvalue weighted by Gasteiger charge is -2.42. The van der Waals surface area contributed by atoms with Gasteiger partial charge in [-0.1, -0.05) is 24.3 Å². The second-order valence-corrected chi connectivity index (χ2v) is 7.56. The second kappa shape index (κ2) is 9.96. The molecule has 1 fully saturated rings. The van der Waals surface area contributed by atoms with Crippen LogP contribution in [0.5, 0.6) is 11.5 Å². The van der Waals surface area contributed by atoms with Crippen molar-refractivity contribution in [3.8, 4) is 11.5 Å². The van der Waals surface area contributed by atoms with Gasteiger partial charge in [0.05, 0.1) is 12.8 Å². The van der Waals surface area contributed by atoms with Gasteiger partial charge in [-0.2, -0.15) is 0 Å². The first kappa shape index (κ1) is 23.5. The van der Waals surface area contributed by atoms with Gasteiger partial charge in [-0.3, -0.25) is 9.59 Å². The molecule has 6 N–H and O–H groups in total. The van der Waals surface area contributed by atoms with E-state index in [-0.39, 0.29) is 24.3 Å². The zero-order chi connectivity index (χ0) is 23.4. The van der Waals surface area contributed by atoms with Gasteiger partial charge >= 0.3 is 11.9 Å². The average molecular weight is 448 g/mol. The van der Waals surface area contributed by atoms with E-state index in [4.69, 9.17) is 9.47 Å². The van der Waals surface area contributed by atoms with Gasteiger partial charge in [-0.25, -0.2) is 0 Å². The molecule has 2 aromatic rings. The number of carbonyl (C=O) groups is 2. The summed E-state index contributed by atoms with van der Waals surface area (Å²) in [6.45, 7) is 0. The van der Waals surface area contributed by atoms with Crippen LogP contribution in [-0.2, 0) is 31.9 Å². The molecule has 0 amide bonds. The van der Waals surface area contributed by atoms with Crippen molar-refractivity contribution in [1.29, 1.82) is 0 Å². The molecular formula is C22H24O10. The van der Waals surface area contributed by atoms with Crippen LogP contribution in [0.4, 0.5) is 0 Å². The maximum atomic E-state index is 12.3. The first-order valence-corrected chi connectivity index (χ1v) is 9.82. The number of ether oxygens (including phenoxy) is 2. The van der Waals surface area contributed by atoms with Crippen molar-refractivity contribution in [2.24, 2.45) is 0 Å². The first-order valence-electron chi connectivity index (χ1n) is 9.82. The van der Waals surface area contributed by atoms with Crippen LogP contribution in [0.15, 0.2) is 48.5 Å². The van der Waals surface area contributed by atoms with E-state index in [0.29, 0.717) is 11.1 Å². The van der Waals surface area contributed by atoms with Crippen molar-refractivity contribution in [3.63, 3.8) is 0 Å². The number of carbonyl (C=O) groups excluding carboxylic acids is 2. The molecule has 2 unspecified atom stereocenters. The Kier molecular flexibility index (Phi) is 7.31. The van der Waals surface area contributed by atoms with Crippen molar-refractivity contribution >= 4 is 11.9 Å². The van der Waals surface area contributed by atoms with Gasteiger partial charge in [0.1, 0.15) is 35.9 Å². The molecule has 1 aliphatic carbocycles. The minimum absolute atomic E-state index is 0.00862. The van der Waals surface area contributed by atoms with Crippen LogP contribution in [-0.4, -0.2) is 79.2 Å². The molecule has 0 aliphatic heterocycles. The summed E-state index contributed by atoms with van der Waals surface area (Å²) in [4.78, 5) is 24.5. The van der Waals surface area contributed by atoms with E-state index < -0.39 is 48.6 Å². The van der Waals surface area contributed by atoms with Crippen LogP contribution in [0.3, 0.4) is 0 Å². The Hall–Kier alpha value is -3.18. The standard InChI is InChI=1S/C22H24O10/c23-13-5-1-11(2-6-13)9-15(25)31-21-18(28)17(27)19(29)22(20(21)30)32-16(26)10-12-3-7-14(24)8-4-12/h1-8,17-24,27-30H,9-10H2/t17?,18-,19+,20?,21+,22-. The van der Waals surface area contributed by atoms with E-state index in [1.807, 2.05) is 0 Å². The zero-order valence-corrected chi connectivity index (χ0v) is 16.8. The SMILES string of the molecule is O=C(Cc1ccc(O)cc1)O[C@@H]1C(O)[C@H](OC(=O)Cc2ccc(O)cc2)[C@@H](O)C(O)[C@H]1O. The molecule has 2 aromatic carbocycles. The fourth-order valence-electron chi connectivity index (χ4n) is 3.41. The largest absolute Gasteiger partial charge is 0.508 e. The third kappa shape index (κ3) is 5.54. The normalized spacial score (nSPS) is 27.5. The highest BCUT2D eigenvalue weighted by atomic mass is 16.6. The highest BCUT2D eigenvalue weighted by molar-refractivity contribution is 5.73. The van der Waals surface area contributed by atoms with Crippen LogP contribution >= 0.6 is 0 Å². The molecule has 0 saturated heterocycles. The molecule has 0 bridgehead atoms. The monoisotopic (exact) mass is 448 g/mol. The minimum atomic E-state index is -1.85. The van der Waals surface area contributed by atoms with Crippen LogP contribution in [0.1, 0.15) is 11.1 Å². The summed E-state index contributed by atoms with van der Waals surface area (Å²) < 4.78 is 10.2. The van der Waals surface area contributed by atoms with Gasteiger partial charge in [-0.15, -0.1) is 0 Å². The van der Waals surface area contributed by atoms with Crippen molar-refractivity contribution < 1.29 is 49.7 Å². The Morgan fingerprint density at radius 1 is 0.594 bits per heavy atom. The highest BCUT2D eigenvalue weighted by Crippen LogP contribution is 2.27. The van der Waals surface area contributed by atoms with Crippen molar-refractivity contribution in [2.45, 2.75) is 49.5 Å². The molecule has 32 heavy (non-hydrogen) atoms. The van der Waals surface area contributed by atoms with Crippen LogP contribution in [0, 0.1) is 0 Å². The molecular weight excluding hydrogens is 424 g/mol. The Morgan fingerprint density at radius 3 is 1.28 bits per heavy atom. The number of hydrogen-bond acceptors (Lipinski definition) is 10. The molecule has 10 heteroatoms. The van der Waals surface area contributed by atoms with E-state index in [1.165, 1.54) is 48.5 Å². The summed E-state index contributed by atoms with van der Waals surface area (Å²) >= 11 is 0. The molecule has 10 nitrogen and oxygen atoms in total. The van der Waals surface area contributed by atoms with Gasteiger partial charge in [0.2, 0.25) is 0 Å². The maximum Gasteiger partial charge on any atom is 0.310 e. The average Bonchev–Trinajstić information content (AvgIpc) is 2.76. The minimum Gasteiger partial charge on any atom is -0.508 e. The van der Waals surface area contributed by atoms with Gasteiger partial charge in [0.15, 0.2) is 12.2 Å². The number of benzene rings is 2. The molecule has 0 radical (unpaired) electrons. The maximum absolute atomic E-state index is 12.3. The topological polar surface area (TPSA) is 174 Å². The highest BCUT2D eigenvalue weighted by Gasteiger charge is 2.52. The molecule has 1 aliphatic rings. The summed E-state index contributed by atoms with van der Waals surface area (Å²) in [5.41, 5.74) is 0.982. The summed E-state index contributed by atoms with van der Waals surface area (Å²) in [6, 6.07) is 11.4. The molecule has 0 heterocycles. The predicted octanol–water partition coefficient (Wildman–Crippen LogP) is -0.836. The van der Waals surface area contributed by atoms with E-state index in [9.17, 15) is 40.2 Å². The lowest BCUT2D eigenvalue weighted by molar-refractivity contribution is -0.240. The summed E-state index contributed by atoms with van der Waals surface area (Å²) in [7, 11) is 0. The summed E-state index contributed by atoms with van der Waals surface area (Å²) in [6.07, 6.45) is -11.1. The number of esters is 2. The van der Waals surface area contributed by atoms with Gasteiger partial charge in [-0.05, 0) is 35.4 Å². The number of rotatable bonds is 6. The van der Waals surface area contributed by atoms with Gasteiger partial charge in [0, 0.05) is 0 Å². The first-order chi connectivity index (χ1) is 15.2. The summed E-state index contributed by atoms with van der Waals surface area (Å²) in [5.74, 6) is -1.68. The Bertz CT molecular complexity index is 851. The molecule has 6 atom stereocenters. The Balaban J connectivity index is 1.66. The predicted molar refractivity (Wildman–Crippen MR) is 107 cm³/mol. The van der Waals surface area contributed by atoms with Crippen LogP contribution < -0.4 is 0 Å². The third-order valence-corrected chi connectivity index (χ3v) is 5.15. The van der Waals surface area contributed by atoms with Crippen molar-refractivity contribution in [2.75, 3.05) is 0 Å². The number of hydrogen-bond donors (Lipinski definition) is 6. The third-order valence-electron chi connectivity index (χ3n) is 5.15. The summed E-state index contributed by atoms with van der Waals surface area (Å²) in [5, 5.41) is 59.6. The fraction of sp³-hybridized carbons (Fsp3) is 0.364. The van der Waals surface area contributed by atoms with E-state index in [0.717, 1.165) is 0 Å². The number of aromatic hydroxyl groups is 2. The Labute approximate surface area is 182 Å². The van der Waals surface area contributed by atoms with Gasteiger partial charge < -0.3 is 40.1 Å². The molecule has 0 spiro atoms. The number of phenols is 2. The second-order valence-electron chi connectivity index (χ2n) is 7.56. The molecule has 0 aromatic heterocycles. The smallest absolute Gasteiger partial charge is 0.310 e. The molecule has 172 valence electrons. The quantitative estimate of drug-likeness (QED) is 0.306. The zero-order valence-electron chi connectivity index (χ0n) is 16.8. The van der Waals surface area contributed by atoms with E-state index in [2.05, 4.69) is 0 Å². The van der Waals surface area contributed by atoms with Crippen LogP contribution in [0.25, 0.3) is 0 Å². The van der Waals surface area contributed by atoms with Crippen LogP contribution in [0.2, 0.25) is 0 Å². The number of phenolic OH excluding ortho intramolecular Hbond substituents is 2. The number of aliphatic hydroxyl groups excluding tert-OH is 4. The lowest BCUT2D eigenvalue weighted by atomic mass is 9.84.